The summed E-state index contributed by atoms with van der Waals surface area (Å²) in [5.41, 5.74) is 1.12. The Bertz CT molecular complexity index is 926. The summed E-state index contributed by atoms with van der Waals surface area (Å²) in [5, 5.41) is 3.33. The minimum atomic E-state index is -3.62. The molecule has 0 amide bonds. The molecule has 1 fully saturated rings. The molecule has 0 radical (unpaired) electrons. The highest BCUT2D eigenvalue weighted by atomic mass is 32.2. The van der Waals surface area contributed by atoms with Gasteiger partial charge in [-0.3, -0.25) is 0 Å². The van der Waals surface area contributed by atoms with Crippen molar-refractivity contribution >= 4 is 9.84 Å². The highest BCUT2D eigenvalue weighted by Crippen LogP contribution is 2.42. The van der Waals surface area contributed by atoms with Crippen molar-refractivity contribution in [1.82, 2.24) is 5.32 Å². The molecule has 5 nitrogen and oxygen atoms in total. The highest BCUT2D eigenvalue weighted by molar-refractivity contribution is 7.91. The molecule has 27 heavy (non-hydrogen) atoms. The fraction of sp³-hybridized carbons (Fsp3) is 0.429. The Morgan fingerprint density at radius 1 is 1.19 bits per heavy atom. The third-order valence-electron chi connectivity index (χ3n) is 5.28. The molecule has 2 aliphatic rings. The van der Waals surface area contributed by atoms with Gasteiger partial charge in [0.2, 0.25) is 9.84 Å². The van der Waals surface area contributed by atoms with E-state index in [2.05, 4.69) is 12.2 Å². The van der Waals surface area contributed by atoms with E-state index < -0.39 is 9.84 Å². The number of hydrogen-bond donors (Lipinski definition) is 1. The molecule has 4 rings (SSSR count). The van der Waals surface area contributed by atoms with Gasteiger partial charge in [0.25, 0.3) is 0 Å². The highest BCUT2D eigenvalue weighted by Gasteiger charge is 2.36. The molecule has 2 unspecified atom stereocenters. The Labute approximate surface area is 160 Å². The largest absolute Gasteiger partial charge is 0.494 e. The molecule has 2 aromatic rings. The van der Waals surface area contributed by atoms with E-state index in [1.54, 1.807) is 36.4 Å². The van der Waals surface area contributed by atoms with Crippen LogP contribution in [-0.4, -0.2) is 34.2 Å². The predicted octanol–water partition coefficient (Wildman–Crippen LogP) is 3.54. The molecule has 0 aliphatic carbocycles. The lowest BCUT2D eigenvalue weighted by molar-refractivity contribution is 0.176. The first-order valence-corrected chi connectivity index (χ1v) is 11.1. The molecule has 2 atom stereocenters. The molecular formula is C21H25NO4S. The van der Waals surface area contributed by atoms with E-state index in [0.29, 0.717) is 24.0 Å². The lowest BCUT2D eigenvalue weighted by atomic mass is 9.90. The van der Waals surface area contributed by atoms with Crippen LogP contribution in [0.15, 0.2) is 52.3 Å². The number of hydrogen-bond acceptors (Lipinski definition) is 5. The number of nitrogens with one attached hydrogen (secondary N) is 1. The number of unbranched alkanes of at least 4 members (excludes halogenated alkanes) is 1. The lowest BCUT2D eigenvalue weighted by Crippen LogP contribution is -2.39. The van der Waals surface area contributed by atoms with E-state index in [1.165, 1.54) is 0 Å². The lowest BCUT2D eigenvalue weighted by Gasteiger charge is -2.24. The molecular weight excluding hydrogens is 362 g/mol. The standard InChI is InChI=1S/C21H25NO4S/c1-2-3-11-25-15-5-4-6-16(12-15)27(23,24)17-7-8-18-19-9-10-22-14-21(19)26-20(18)13-17/h4-8,12-13,19,21-22H,2-3,9-11,14H2,1H3. The van der Waals surface area contributed by atoms with E-state index in [1.807, 2.05) is 6.07 Å². The third-order valence-corrected chi connectivity index (χ3v) is 7.03. The first-order valence-electron chi connectivity index (χ1n) is 9.59. The van der Waals surface area contributed by atoms with Crippen LogP contribution in [0.25, 0.3) is 0 Å². The van der Waals surface area contributed by atoms with Gasteiger partial charge in [0.05, 0.1) is 16.4 Å². The van der Waals surface area contributed by atoms with Crippen molar-refractivity contribution in [3.63, 3.8) is 0 Å². The topological polar surface area (TPSA) is 64.6 Å². The summed E-state index contributed by atoms with van der Waals surface area (Å²) in [4.78, 5) is 0.507. The molecule has 2 aliphatic heterocycles. The van der Waals surface area contributed by atoms with Gasteiger partial charge < -0.3 is 14.8 Å². The van der Waals surface area contributed by atoms with Crippen LogP contribution in [0.5, 0.6) is 11.5 Å². The maximum atomic E-state index is 13.1. The van der Waals surface area contributed by atoms with E-state index >= 15 is 0 Å². The van der Waals surface area contributed by atoms with Gasteiger partial charge in [-0.25, -0.2) is 8.42 Å². The second-order valence-electron chi connectivity index (χ2n) is 7.14. The van der Waals surface area contributed by atoms with Crippen molar-refractivity contribution in [2.24, 2.45) is 0 Å². The van der Waals surface area contributed by atoms with E-state index in [9.17, 15) is 8.42 Å². The van der Waals surface area contributed by atoms with Crippen LogP contribution in [0, 0.1) is 0 Å². The number of piperidine rings is 1. The van der Waals surface area contributed by atoms with Gasteiger partial charge >= 0.3 is 0 Å². The Hall–Kier alpha value is -2.05. The van der Waals surface area contributed by atoms with Crippen LogP contribution in [0.3, 0.4) is 0 Å². The first-order chi connectivity index (χ1) is 13.1. The number of rotatable bonds is 6. The van der Waals surface area contributed by atoms with Crippen molar-refractivity contribution in [2.45, 2.75) is 48.0 Å². The van der Waals surface area contributed by atoms with E-state index in [-0.39, 0.29) is 15.9 Å². The van der Waals surface area contributed by atoms with Gasteiger partial charge in [0.15, 0.2) is 0 Å². The second kappa shape index (κ2) is 7.52. The quantitative estimate of drug-likeness (QED) is 0.768. The van der Waals surface area contributed by atoms with Gasteiger partial charge in [-0.15, -0.1) is 0 Å². The molecule has 1 saturated heterocycles. The van der Waals surface area contributed by atoms with Crippen LogP contribution in [0.2, 0.25) is 0 Å². The van der Waals surface area contributed by atoms with E-state index in [4.69, 9.17) is 9.47 Å². The monoisotopic (exact) mass is 387 g/mol. The van der Waals surface area contributed by atoms with E-state index in [0.717, 1.165) is 37.9 Å². The average Bonchev–Trinajstić information content (AvgIpc) is 3.06. The molecule has 2 heterocycles. The maximum Gasteiger partial charge on any atom is 0.206 e. The predicted molar refractivity (Wildman–Crippen MR) is 103 cm³/mol. The first kappa shape index (κ1) is 18.3. The van der Waals surface area contributed by atoms with Crippen LogP contribution in [0.1, 0.15) is 37.7 Å². The van der Waals surface area contributed by atoms with Crippen LogP contribution < -0.4 is 14.8 Å². The molecule has 144 valence electrons. The SMILES string of the molecule is CCCCOc1cccc(S(=O)(=O)c2ccc3c(c2)OC2CNCCC32)c1. The molecule has 0 aromatic heterocycles. The summed E-state index contributed by atoms with van der Waals surface area (Å²) >= 11 is 0. The maximum absolute atomic E-state index is 13.1. The summed E-state index contributed by atoms with van der Waals surface area (Å²) in [5.74, 6) is 1.64. The number of sulfone groups is 1. The minimum Gasteiger partial charge on any atom is -0.494 e. The van der Waals surface area contributed by atoms with Gasteiger partial charge in [-0.1, -0.05) is 25.5 Å². The Balaban J connectivity index is 1.61. The molecule has 1 N–H and O–H groups in total. The molecule has 0 bridgehead atoms. The zero-order valence-electron chi connectivity index (χ0n) is 15.5. The summed E-state index contributed by atoms with van der Waals surface area (Å²) in [7, 11) is -3.62. The van der Waals surface area contributed by atoms with Gasteiger partial charge in [-0.2, -0.15) is 0 Å². The fourth-order valence-electron chi connectivity index (χ4n) is 3.76. The van der Waals surface area contributed by atoms with Crippen LogP contribution in [-0.2, 0) is 9.84 Å². The summed E-state index contributed by atoms with van der Waals surface area (Å²) in [6, 6.07) is 12.0. The van der Waals surface area contributed by atoms with Crippen LogP contribution >= 0.6 is 0 Å². The van der Waals surface area contributed by atoms with Crippen molar-refractivity contribution < 1.29 is 17.9 Å². The summed E-state index contributed by atoms with van der Waals surface area (Å²) < 4.78 is 37.9. The van der Waals surface area contributed by atoms with Crippen molar-refractivity contribution in [1.29, 1.82) is 0 Å². The number of fused-ring (bicyclic) bond motifs is 3. The smallest absolute Gasteiger partial charge is 0.206 e. The Morgan fingerprint density at radius 3 is 2.89 bits per heavy atom. The zero-order chi connectivity index (χ0) is 18.9. The zero-order valence-corrected chi connectivity index (χ0v) is 16.3. The molecule has 0 saturated carbocycles. The van der Waals surface area contributed by atoms with Crippen molar-refractivity contribution in [2.75, 3.05) is 19.7 Å². The Kier molecular flexibility index (Phi) is 5.10. The van der Waals surface area contributed by atoms with Gasteiger partial charge in [-0.05, 0) is 49.7 Å². The second-order valence-corrected chi connectivity index (χ2v) is 9.09. The third kappa shape index (κ3) is 3.56. The average molecular weight is 388 g/mol. The molecule has 6 heteroatoms. The summed E-state index contributed by atoms with van der Waals surface area (Å²) in [6.07, 6.45) is 3.09. The van der Waals surface area contributed by atoms with Gasteiger partial charge in [0, 0.05) is 18.0 Å². The summed E-state index contributed by atoms with van der Waals surface area (Å²) in [6.45, 7) is 4.45. The fourth-order valence-corrected chi connectivity index (χ4v) is 5.08. The van der Waals surface area contributed by atoms with Crippen molar-refractivity contribution in [3.05, 3.63) is 48.0 Å². The Morgan fingerprint density at radius 2 is 2.04 bits per heavy atom. The normalized spacial score (nSPS) is 21.2. The van der Waals surface area contributed by atoms with Gasteiger partial charge in [0.1, 0.15) is 17.6 Å². The van der Waals surface area contributed by atoms with Crippen LogP contribution in [0.4, 0.5) is 0 Å². The van der Waals surface area contributed by atoms with Crippen molar-refractivity contribution in [3.8, 4) is 11.5 Å². The number of ether oxygens (including phenoxy) is 2. The minimum absolute atomic E-state index is 0.0991. The molecule has 0 spiro atoms. The molecule has 2 aromatic carbocycles. The number of benzene rings is 2.